The zero-order chi connectivity index (χ0) is 8.20. The lowest BCUT2D eigenvalue weighted by Crippen LogP contribution is -2.39. The average Bonchev–Trinajstić information content (AvgIpc) is 1.84. The highest BCUT2D eigenvalue weighted by Crippen LogP contribution is 2.02. The van der Waals surface area contributed by atoms with Crippen LogP contribution >= 0.6 is 0 Å². The fraction of sp³-hybridized carbons (Fsp3) is 0.833. The molecule has 0 aliphatic heterocycles. The maximum atomic E-state index is 10.2. The largest absolute Gasteiger partial charge is 0.479 e. The first-order valence-electron chi connectivity index (χ1n) is 3.04. The summed E-state index contributed by atoms with van der Waals surface area (Å²) in [7, 11) is 0. The molecular weight excluding hydrogens is 136 g/mol. The van der Waals surface area contributed by atoms with Crippen LogP contribution in [0.4, 0.5) is 0 Å². The SMILES string of the molecule is CCOC[C@](C)(O)C(=O)O. The molecule has 0 saturated carbocycles. The molecule has 0 aliphatic rings. The van der Waals surface area contributed by atoms with Crippen LogP contribution in [0.3, 0.4) is 0 Å². The van der Waals surface area contributed by atoms with E-state index < -0.39 is 11.6 Å². The molecule has 0 heterocycles. The Morgan fingerprint density at radius 3 is 2.50 bits per heavy atom. The first-order valence-corrected chi connectivity index (χ1v) is 3.04. The zero-order valence-corrected chi connectivity index (χ0v) is 6.13. The van der Waals surface area contributed by atoms with Crippen molar-refractivity contribution >= 4 is 5.97 Å². The van der Waals surface area contributed by atoms with Crippen LogP contribution < -0.4 is 0 Å². The summed E-state index contributed by atoms with van der Waals surface area (Å²) < 4.78 is 4.73. The molecular formula is C6H12O4. The Kier molecular flexibility index (Phi) is 3.32. The predicted octanol–water partition coefficient (Wildman–Crippen LogP) is -0.142. The molecule has 0 aromatic rings. The molecule has 0 spiro atoms. The third-order valence-electron chi connectivity index (χ3n) is 1.05. The van der Waals surface area contributed by atoms with E-state index >= 15 is 0 Å². The van der Waals surface area contributed by atoms with Crippen molar-refractivity contribution in [3.63, 3.8) is 0 Å². The Balaban J connectivity index is 3.75. The van der Waals surface area contributed by atoms with Gasteiger partial charge in [0.2, 0.25) is 0 Å². The van der Waals surface area contributed by atoms with Gasteiger partial charge in [0, 0.05) is 6.61 Å². The minimum atomic E-state index is -1.75. The lowest BCUT2D eigenvalue weighted by Gasteiger charge is -2.16. The number of aliphatic hydroxyl groups is 1. The summed E-state index contributed by atoms with van der Waals surface area (Å²) in [5, 5.41) is 17.3. The van der Waals surface area contributed by atoms with E-state index in [0.29, 0.717) is 6.61 Å². The molecule has 0 aromatic carbocycles. The van der Waals surface area contributed by atoms with Crippen LogP contribution in [0.15, 0.2) is 0 Å². The van der Waals surface area contributed by atoms with Crippen molar-refractivity contribution in [2.45, 2.75) is 19.4 Å². The Hall–Kier alpha value is -0.610. The zero-order valence-electron chi connectivity index (χ0n) is 6.13. The molecule has 0 amide bonds. The molecule has 0 radical (unpaired) electrons. The fourth-order valence-corrected chi connectivity index (χ4v) is 0.363. The van der Waals surface area contributed by atoms with Gasteiger partial charge in [-0.1, -0.05) is 0 Å². The number of carbonyl (C=O) groups is 1. The molecule has 0 saturated heterocycles. The van der Waals surface area contributed by atoms with Gasteiger partial charge in [-0.3, -0.25) is 0 Å². The molecule has 1 atom stereocenters. The van der Waals surface area contributed by atoms with Crippen LogP contribution in [-0.4, -0.2) is 35.0 Å². The van der Waals surface area contributed by atoms with Gasteiger partial charge in [0.25, 0.3) is 0 Å². The number of aliphatic carboxylic acids is 1. The first-order chi connectivity index (χ1) is 4.50. The second-order valence-corrected chi connectivity index (χ2v) is 2.22. The Morgan fingerprint density at radius 2 is 2.20 bits per heavy atom. The predicted molar refractivity (Wildman–Crippen MR) is 34.8 cm³/mol. The second kappa shape index (κ2) is 3.53. The monoisotopic (exact) mass is 148 g/mol. The normalized spacial score (nSPS) is 16.3. The smallest absolute Gasteiger partial charge is 0.337 e. The number of hydrogen-bond donors (Lipinski definition) is 2. The van der Waals surface area contributed by atoms with Crippen LogP contribution in [0.25, 0.3) is 0 Å². The number of carboxylic acid groups (broad SMARTS) is 1. The Labute approximate surface area is 59.4 Å². The molecule has 4 heteroatoms. The second-order valence-electron chi connectivity index (χ2n) is 2.22. The Bertz CT molecular complexity index is 119. The van der Waals surface area contributed by atoms with Gasteiger partial charge in [-0.15, -0.1) is 0 Å². The number of hydrogen-bond acceptors (Lipinski definition) is 3. The van der Waals surface area contributed by atoms with E-state index in [-0.39, 0.29) is 6.61 Å². The lowest BCUT2D eigenvalue weighted by atomic mass is 10.1. The maximum absolute atomic E-state index is 10.2. The van der Waals surface area contributed by atoms with Gasteiger partial charge < -0.3 is 14.9 Å². The van der Waals surface area contributed by atoms with E-state index in [0.717, 1.165) is 0 Å². The van der Waals surface area contributed by atoms with Crippen molar-refractivity contribution in [3.8, 4) is 0 Å². The van der Waals surface area contributed by atoms with Crippen molar-refractivity contribution in [1.82, 2.24) is 0 Å². The maximum Gasteiger partial charge on any atom is 0.337 e. The summed E-state index contributed by atoms with van der Waals surface area (Å²) in [5.74, 6) is -1.26. The topological polar surface area (TPSA) is 66.8 Å². The molecule has 10 heavy (non-hydrogen) atoms. The van der Waals surface area contributed by atoms with E-state index in [1.54, 1.807) is 6.92 Å². The summed E-state index contributed by atoms with van der Waals surface area (Å²) in [6.45, 7) is 3.17. The third kappa shape index (κ3) is 2.80. The minimum Gasteiger partial charge on any atom is -0.479 e. The molecule has 0 aromatic heterocycles. The summed E-state index contributed by atoms with van der Waals surface area (Å²) >= 11 is 0. The van der Waals surface area contributed by atoms with Gasteiger partial charge in [-0.2, -0.15) is 0 Å². The van der Waals surface area contributed by atoms with E-state index in [1.807, 2.05) is 0 Å². The van der Waals surface area contributed by atoms with Crippen molar-refractivity contribution in [2.75, 3.05) is 13.2 Å². The Morgan fingerprint density at radius 1 is 1.70 bits per heavy atom. The summed E-state index contributed by atoms with van der Waals surface area (Å²) in [6, 6.07) is 0. The van der Waals surface area contributed by atoms with E-state index in [2.05, 4.69) is 0 Å². The van der Waals surface area contributed by atoms with Gasteiger partial charge in [-0.05, 0) is 13.8 Å². The van der Waals surface area contributed by atoms with Crippen molar-refractivity contribution in [2.24, 2.45) is 0 Å². The highest BCUT2D eigenvalue weighted by Gasteiger charge is 2.29. The van der Waals surface area contributed by atoms with Crippen LogP contribution in [0.5, 0.6) is 0 Å². The summed E-state index contributed by atoms with van der Waals surface area (Å²) in [6.07, 6.45) is 0. The van der Waals surface area contributed by atoms with E-state index in [4.69, 9.17) is 14.9 Å². The van der Waals surface area contributed by atoms with Gasteiger partial charge in [0.05, 0.1) is 6.61 Å². The first kappa shape index (κ1) is 9.39. The molecule has 0 unspecified atom stereocenters. The highest BCUT2D eigenvalue weighted by molar-refractivity contribution is 5.76. The molecule has 60 valence electrons. The van der Waals surface area contributed by atoms with Gasteiger partial charge in [0.1, 0.15) is 0 Å². The van der Waals surface area contributed by atoms with Crippen molar-refractivity contribution in [3.05, 3.63) is 0 Å². The molecule has 0 fully saturated rings. The minimum absolute atomic E-state index is 0.168. The standard InChI is InChI=1S/C6H12O4/c1-3-10-4-6(2,9)5(7)8/h9H,3-4H2,1-2H3,(H,7,8)/t6-/m0/s1. The van der Waals surface area contributed by atoms with Crippen LogP contribution in [-0.2, 0) is 9.53 Å². The van der Waals surface area contributed by atoms with Crippen LogP contribution in [0.1, 0.15) is 13.8 Å². The molecule has 2 N–H and O–H groups in total. The fourth-order valence-electron chi connectivity index (χ4n) is 0.363. The van der Waals surface area contributed by atoms with Gasteiger partial charge in [-0.25, -0.2) is 4.79 Å². The number of rotatable bonds is 4. The van der Waals surface area contributed by atoms with Crippen molar-refractivity contribution < 1.29 is 19.7 Å². The van der Waals surface area contributed by atoms with E-state index in [9.17, 15) is 4.79 Å². The lowest BCUT2D eigenvalue weighted by molar-refractivity contribution is -0.162. The molecule has 4 nitrogen and oxygen atoms in total. The van der Waals surface area contributed by atoms with Gasteiger partial charge in [0.15, 0.2) is 5.60 Å². The molecule has 0 bridgehead atoms. The van der Waals surface area contributed by atoms with Gasteiger partial charge >= 0.3 is 5.97 Å². The highest BCUT2D eigenvalue weighted by atomic mass is 16.5. The van der Waals surface area contributed by atoms with Crippen LogP contribution in [0, 0.1) is 0 Å². The van der Waals surface area contributed by atoms with E-state index in [1.165, 1.54) is 6.92 Å². The number of carboxylic acids is 1. The quantitative estimate of drug-likeness (QED) is 0.582. The summed E-state index contributed by atoms with van der Waals surface area (Å²) in [5.41, 5.74) is -1.75. The number of ether oxygens (including phenoxy) is 1. The van der Waals surface area contributed by atoms with Crippen molar-refractivity contribution in [1.29, 1.82) is 0 Å². The third-order valence-corrected chi connectivity index (χ3v) is 1.05. The molecule has 0 aliphatic carbocycles. The molecule has 0 rings (SSSR count). The van der Waals surface area contributed by atoms with Crippen LogP contribution in [0.2, 0.25) is 0 Å². The average molecular weight is 148 g/mol. The summed E-state index contributed by atoms with van der Waals surface area (Å²) in [4.78, 5) is 10.2.